The topological polar surface area (TPSA) is 54.5 Å². The molecule has 0 unspecified atom stereocenters. The molecule has 0 saturated heterocycles. The van der Waals surface area contributed by atoms with Crippen LogP contribution in [0.2, 0.25) is 0 Å². The molecule has 0 saturated carbocycles. The standard InChI is InChI=1S/C13H14N4/c1-13(2,3)17-11(6-8-16-17)12-10(9-14)5-4-7-15-12/h4-8H,1-3H3. The molecule has 0 spiro atoms. The van der Waals surface area contributed by atoms with E-state index in [0.29, 0.717) is 11.3 Å². The van der Waals surface area contributed by atoms with Crippen molar-refractivity contribution in [1.82, 2.24) is 14.8 Å². The zero-order chi connectivity index (χ0) is 12.5. The largest absolute Gasteiger partial charge is 0.258 e. The summed E-state index contributed by atoms with van der Waals surface area (Å²) in [5, 5.41) is 13.4. The summed E-state index contributed by atoms with van der Waals surface area (Å²) in [6.45, 7) is 6.20. The van der Waals surface area contributed by atoms with Crippen molar-refractivity contribution in [2.75, 3.05) is 0 Å². The summed E-state index contributed by atoms with van der Waals surface area (Å²) in [5.41, 5.74) is 1.99. The van der Waals surface area contributed by atoms with E-state index in [4.69, 9.17) is 5.26 Å². The number of hydrogen-bond donors (Lipinski definition) is 0. The Hall–Kier alpha value is -2.15. The normalized spacial score (nSPS) is 11.2. The van der Waals surface area contributed by atoms with Crippen molar-refractivity contribution in [2.45, 2.75) is 26.3 Å². The Morgan fingerprint density at radius 2 is 2.00 bits per heavy atom. The molecule has 0 N–H and O–H groups in total. The lowest BCUT2D eigenvalue weighted by atomic mass is 10.1. The molecule has 4 nitrogen and oxygen atoms in total. The molecule has 17 heavy (non-hydrogen) atoms. The smallest absolute Gasteiger partial charge is 0.106 e. The Labute approximate surface area is 101 Å². The van der Waals surface area contributed by atoms with Crippen molar-refractivity contribution in [2.24, 2.45) is 0 Å². The molecular formula is C13H14N4. The van der Waals surface area contributed by atoms with Crippen molar-refractivity contribution in [1.29, 1.82) is 5.26 Å². The maximum atomic E-state index is 9.09. The molecule has 86 valence electrons. The van der Waals surface area contributed by atoms with Gasteiger partial charge in [-0.05, 0) is 39.0 Å². The van der Waals surface area contributed by atoms with E-state index in [1.807, 2.05) is 10.7 Å². The highest BCUT2D eigenvalue weighted by molar-refractivity contribution is 5.63. The average molecular weight is 226 g/mol. The van der Waals surface area contributed by atoms with Gasteiger partial charge >= 0.3 is 0 Å². The summed E-state index contributed by atoms with van der Waals surface area (Å²) >= 11 is 0. The number of nitrogens with zero attached hydrogens (tertiary/aromatic N) is 4. The van der Waals surface area contributed by atoms with Crippen LogP contribution in [0.15, 0.2) is 30.6 Å². The second kappa shape index (κ2) is 4.02. The van der Waals surface area contributed by atoms with E-state index in [2.05, 4.69) is 36.9 Å². The van der Waals surface area contributed by atoms with Gasteiger partial charge in [-0.15, -0.1) is 0 Å². The molecule has 0 radical (unpaired) electrons. The lowest BCUT2D eigenvalue weighted by molar-refractivity contribution is 0.359. The van der Waals surface area contributed by atoms with Gasteiger partial charge in [0.25, 0.3) is 0 Å². The fraction of sp³-hybridized carbons (Fsp3) is 0.308. The molecule has 2 aromatic rings. The molecule has 2 heterocycles. The molecule has 0 aliphatic heterocycles. The fourth-order valence-electron chi connectivity index (χ4n) is 1.72. The zero-order valence-electron chi connectivity index (χ0n) is 10.2. The maximum absolute atomic E-state index is 9.09. The summed E-state index contributed by atoms with van der Waals surface area (Å²) < 4.78 is 1.89. The summed E-state index contributed by atoms with van der Waals surface area (Å²) in [4.78, 5) is 4.28. The van der Waals surface area contributed by atoms with E-state index in [1.54, 1.807) is 24.5 Å². The average Bonchev–Trinajstić information content (AvgIpc) is 2.77. The lowest BCUT2D eigenvalue weighted by Crippen LogP contribution is -2.24. The van der Waals surface area contributed by atoms with Crippen LogP contribution in [-0.4, -0.2) is 14.8 Å². The molecule has 2 aromatic heterocycles. The monoisotopic (exact) mass is 226 g/mol. The van der Waals surface area contributed by atoms with Crippen molar-refractivity contribution < 1.29 is 0 Å². The third-order valence-electron chi connectivity index (χ3n) is 2.45. The lowest BCUT2D eigenvalue weighted by Gasteiger charge is -2.22. The van der Waals surface area contributed by atoms with Gasteiger partial charge in [0.2, 0.25) is 0 Å². The second-order valence-electron chi connectivity index (χ2n) is 4.81. The van der Waals surface area contributed by atoms with Crippen LogP contribution < -0.4 is 0 Å². The van der Waals surface area contributed by atoms with Crippen LogP contribution >= 0.6 is 0 Å². The zero-order valence-corrected chi connectivity index (χ0v) is 10.2. The Balaban J connectivity index is 2.63. The van der Waals surface area contributed by atoms with Gasteiger partial charge in [-0.25, -0.2) is 0 Å². The molecule has 2 rings (SSSR count). The summed E-state index contributed by atoms with van der Waals surface area (Å²) in [5.74, 6) is 0. The Kier molecular flexibility index (Phi) is 2.68. The molecule has 0 atom stereocenters. The first-order valence-corrected chi connectivity index (χ1v) is 5.44. The SMILES string of the molecule is CC(C)(C)n1nccc1-c1ncccc1C#N. The Morgan fingerprint density at radius 1 is 1.24 bits per heavy atom. The van der Waals surface area contributed by atoms with Gasteiger partial charge < -0.3 is 0 Å². The van der Waals surface area contributed by atoms with Gasteiger partial charge in [0.15, 0.2) is 0 Å². The predicted octanol–water partition coefficient (Wildman–Crippen LogP) is 2.57. The minimum Gasteiger partial charge on any atom is -0.258 e. The highest BCUT2D eigenvalue weighted by Crippen LogP contribution is 2.25. The van der Waals surface area contributed by atoms with Gasteiger partial charge in [-0.2, -0.15) is 10.4 Å². The van der Waals surface area contributed by atoms with E-state index < -0.39 is 0 Å². The summed E-state index contributed by atoms with van der Waals surface area (Å²) in [7, 11) is 0. The summed E-state index contributed by atoms with van der Waals surface area (Å²) in [6.07, 6.45) is 3.42. The summed E-state index contributed by atoms with van der Waals surface area (Å²) in [6, 6.07) is 7.57. The van der Waals surface area contributed by atoms with Gasteiger partial charge in [0, 0.05) is 12.4 Å². The molecule has 4 heteroatoms. The van der Waals surface area contributed by atoms with E-state index >= 15 is 0 Å². The van der Waals surface area contributed by atoms with Crippen LogP contribution in [-0.2, 0) is 5.54 Å². The van der Waals surface area contributed by atoms with E-state index in [-0.39, 0.29) is 5.54 Å². The van der Waals surface area contributed by atoms with Crippen LogP contribution in [0.5, 0.6) is 0 Å². The number of nitriles is 1. The van der Waals surface area contributed by atoms with Crippen molar-refractivity contribution >= 4 is 0 Å². The maximum Gasteiger partial charge on any atom is 0.106 e. The van der Waals surface area contributed by atoms with Crippen molar-refractivity contribution in [3.8, 4) is 17.5 Å². The molecule has 0 bridgehead atoms. The molecule has 0 aromatic carbocycles. The van der Waals surface area contributed by atoms with Gasteiger partial charge in [0.1, 0.15) is 11.8 Å². The predicted molar refractivity (Wildman–Crippen MR) is 65.2 cm³/mol. The molecule has 0 fully saturated rings. The fourth-order valence-corrected chi connectivity index (χ4v) is 1.72. The number of rotatable bonds is 1. The van der Waals surface area contributed by atoms with E-state index in [0.717, 1.165) is 5.69 Å². The van der Waals surface area contributed by atoms with Crippen LogP contribution in [0.1, 0.15) is 26.3 Å². The Morgan fingerprint density at radius 3 is 2.65 bits per heavy atom. The molecule has 0 aliphatic carbocycles. The quantitative estimate of drug-likeness (QED) is 0.751. The first kappa shape index (κ1) is 11.3. The third kappa shape index (κ3) is 2.04. The van der Waals surface area contributed by atoms with Gasteiger partial charge in [-0.1, -0.05) is 0 Å². The minimum atomic E-state index is -0.136. The first-order valence-electron chi connectivity index (χ1n) is 5.44. The highest BCUT2D eigenvalue weighted by Gasteiger charge is 2.20. The van der Waals surface area contributed by atoms with E-state index in [9.17, 15) is 0 Å². The van der Waals surface area contributed by atoms with Gasteiger partial charge in [0.05, 0.1) is 16.8 Å². The third-order valence-corrected chi connectivity index (χ3v) is 2.45. The van der Waals surface area contributed by atoms with E-state index in [1.165, 1.54) is 0 Å². The molecular weight excluding hydrogens is 212 g/mol. The number of aromatic nitrogens is 3. The van der Waals surface area contributed by atoms with Crippen LogP contribution in [0.3, 0.4) is 0 Å². The number of pyridine rings is 1. The van der Waals surface area contributed by atoms with Crippen LogP contribution in [0.4, 0.5) is 0 Å². The second-order valence-corrected chi connectivity index (χ2v) is 4.81. The van der Waals surface area contributed by atoms with Crippen LogP contribution in [0.25, 0.3) is 11.4 Å². The Bertz CT molecular complexity index is 570. The van der Waals surface area contributed by atoms with Crippen molar-refractivity contribution in [3.63, 3.8) is 0 Å². The minimum absolute atomic E-state index is 0.136. The molecule has 0 aliphatic rings. The number of hydrogen-bond acceptors (Lipinski definition) is 3. The van der Waals surface area contributed by atoms with Crippen LogP contribution in [0, 0.1) is 11.3 Å². The van der Waals surface area contributed by atoms with Gasteiger partial charge in [-0.3, -0.25) is 9.67 Å². The van der Waals surface area contributed by atoms with Crippen molar-refractivity contribution in [3.05, 3.63) is 36.2 Å². The highest BCUT2D eigenvalue weighted by atomic mass is 15.3. The molecule has 0 amide bonds. The first-order chi connectivity index (χ1) is 8.04.